The molecule has 4 spiro atoms. The number of nitrogens with one attached hydrogen (secondary N) is 2. The average Bonchev–Trinajstić information content (AvgIpc) is 1.52. The number of carbonyl (C=O) groups excluding carboxylic acids is 3. The van der Waals surface area contributed by atoms with Gasteiger partial charge in [0.1, 0.15) is 81.2 Å². The topological polar surface area (TPSA) is 374 Å². The molecule has 12 aliphatic rings. The van der Waals surface area contributed by atoms with E-state index >= 15 is 0 Å². The SMILES string of the molecule is C.C.C.C.CC[C@]12O[C@@H](n3cc(C)c(=O)[nH]c3=O)[C@@H](OC13CC3)C2OC(C)=O.CC[C@]12O[C@@H](n3cc(C)c(Oc4c(C)cccc4C)nc3=O)[C@@H](OC13CC3)C2OC(C)=O.CC[C@]12O[C@@H](n3cc(C)c(Oc4c(C)cccc4C)nc3=S)[C@@H](OC13CC3)C2OC(C)=O.Cc1cn([C@@H]2O[C@]3(CO)C(O)[C@@H]2OC32CC2)c(=O)[nH]c1=O. The minimum atomic E-state index is -1.19. The number of nitrogens with zero attached hydrogens (tertiary/aromatic N) is 6. The molecule has 4 saturated carbocycles. The molecule has 12 heterocycles. The fraction of sp³-hybridized carbons (Fsp3) is 0.617. The van der Waals surface area contributed by atoms with Crippen LogP contribution in [-0.2, 0) is 66.5 Å². The van der Waals surface area contributed by atoms with Gasteiger partial charge in [-0.15, -0.1) is 0 Å². The van der Waals surface area contributed by atoms with Crippen LogP contribution in [0.2, 0.25) is 0 Å². The van der Waals surface area contributed by atoms with Crippen molar-refractivity contribution >= 4 is 30.1 Å². The van der Waals surface area contributed by atoms with Crippen molar-refractivity contribution < 1.29 is 86.2 Å². The molecule has 8 bridgehead atoms. The first-order valence-electron chi connectivity index (χ1n) is 37.2. The molecule has 0 radical (unpaired) electrons. The van der Waals surface area contributed by atoms with Crippen molar-refractivity contribution in [3.63, 3.8) is 0 Å². The van der Waals surface area contributed by atoms with E-state index in [0.29, 0.717) is 65.2 Å². The predicted molar refractivity (Wildman–Crippen MR) is 411 cm³/mol. The van der Waals surface area contributed by atoms with Crippen molar-refractivity contribution in [1.82, 2.24) is 38.2 Å². The highest BCUT2D eigenvalue weighted by molar-refractivity contribution is 7.71. The standard InChI is InChI=1S/C24H28N2O6.C24H28N2O5S.C16H20N2O6.C13H16N2O6.4CH4/c1-6-24-19(29-16(5)27)18(31-23(24)10-11-23)21(32-24)26-12-15(4)20(25-22(26)28)30-17-13(2)8-7-9-14(17)3;1-6-24-19(28-16(5)27)18(30-23(24)10-11-23)21(31-24)26-12-15(4)20(25-22(26)32)29-17-13(2)8-7-9-14(17)3;1-4-16-11(22-9(3)19)10(23-15(16)5-6-15)13(24-16)18-7-8(2)12(20)17-14(18)21;1-6-4-15(11(19)14-9(6)18)10-7-8(17)13(5-16,21-10)12(20-7)2-3-12;;;;/h2*7-9,12,18-19,21H,6,10-11H2,1-5H3;7,10-11,13H,4-6H2,1-3H3,(H,17,20,21);4,7-8,10,16-17H,2-3,5H2,1H3,(H,14,18,19);4*1H4/t2*18-,19?,21+,24+;10-,11?,13+,16+;7-,8?,10+,13+;;;;/m0000..../s1. The number of hydrogen-bond acceptors (Lipinski definition) is 26. The second kappa shape index (κ2) is 30.3. The number of aliphatic hydroxyl groups excluding tert-OH is 2. The molecular weight excluding hydrogens is 1480 g/mol. The Morgan fingerprint density at radius 3 is 1.10 bits per heavy atom. The van der Waals surface area contributed by atoms with Crippen LogP contribution in [0.3, 0.4) is 0 Å². The van der Waals surface area contributed by atoms with Crippen LogP contribution in [0.25, 0.3) is 0 Å². The lowest BCUT2D eigenvalue weighted by Crippen LogP contribution is -2.53. The molecule has 18 rings (SSSR count). The lowest BCUT2D eigenvalue weighted by atomic mass is 9.87. The van der Waals surface area contributed by atoms with Gasteiger partial charge in [0.25, 0.3) is 11.1 Å². The normalized spacial score (nSPS) is 31.4. The number of H-pyrrole nitrogens is 2. The first-order valence-corrected chi connectivity index (χ1v) is 37.7. The monoisotopic (exact) mass is 1590 g/mol. The van der Waals surface area contributed by atoms with E-state index < -0.39 is 147 Å². The largest absolute Gasteiger partial charge is 0.456 e. The van der Waals surface area contributed by atoms with Crippen LogP contribution in [0.5, 0.6) is 23.3 Å². The zero-order valence-corrected chi connectivity index (χ0v) is 64.1. The van der Waals surface area contributed by atoms with Gasteiger partial charge < -0.3 is 71.8 Å². The Morgan fingerprint density at radius 1 is 0.451 bits per heavy atom. The number of aryl methyl sites for hydroxylation is 8. The van der Waals surface area contributed by atoms with Crippen LogP contribution in [0.1, 0.15) is 211 Å². The number of para-hydroxylation sites is 2. The summed E-state index contributed by atoms with van der Waals surface area (Å²) in [4.78, 5) is 109. The Bertz CT molecular complexity index is 4870. The second-order valence-corrected chi connectivity index (χ2v) is 31.5. The summed E-state index contributed by atoms with van der Waals surface area (Å²) in [5.41, 5.74) is -1.55. The van der Waals surface area contributed by atoms with Crippen molar-refractivity contribution in [3.8, 4) is 23.3 Å². The van der Waals surface area contributed by atoms with Gasteiger partial charge in [0, 0.05) is 67.8 Å². The Labute approximate surface area is 659 Å². The number of carbonyl (C=O) groups is 3. The summed E-state index contributed by atoms with van der Waals surface area (Å²) in [5, 5.41) is 20.1. The molecule has 4 N–H and O–H groups in total. The van der Waals surface area contributed by atoms with Gasteiger partial charge in [-0.25, -0.2) is 14.4 Å². The van der Waals surface area contributed by atoms with E-state index in [4.69, 9.17) is 73.8 Å². The third kappa shape index (κ3) is 13.3. The van der Waals surface area contributed by atoms with Gasteiger partial charge in [0.2, 0.25) is 16.5 Å². The van der Waals surface area contributed by atoms with Crippen molar-refractivity contribution in [1.29, 1.82) is 0 Å². The molecule has 616 valence electrons. The molecule has 4 aliphatic carbocycles. The highest BCUT2D eigenvalue weighted by Gasteiger charge is 2.82. The summed E-state index contributed by atoms with van der Waals surface area (Å²) in [6.45, 7) is 24.7. The molecule has 31 nitrogen and oxygen atoms in total. The molecule has 2 aromatic carbocycles. The Morgan fingerprint density at radius 2 is 0.752 bits per heavy atom. The highest BCUT2D eigenvalue weighted by Crippen LogP contribution is 2.69. The molecule has 6 aromatic rings. The zero-order valence-electron chi connectivity index (χ0n) is 63.2. The van der Waals surface area contributed by atoms with Crippen LogP contribution in [0, 0.1) is 60.2 Å². The third-order valence-corrected chi connectivity index (χ3v) is 24.6. The second-order valence-electron chi connectivity index (χ2n) is 31.1. The van der Waals surface area contributed by atoms with E-state index in [1.165, 1.54) is 46.9 Å². The minimum Gasteiger partial charge on any atom is -0.456 e. The molecule has 113 heavy (non-hydrogen) atoms. The van der Waals surface area contributed by atoms with E-state index in [9.17, 15) is 48.6 Å². The first-order chi connectivity index (χ1) is 51.7. The quantitative estimate of drug-likeness (QED) is 0.0422. The first kappa shape index (κ1) is 85.5. The maximum atomic E-state index is 13.0. The summed E-state index contributed by atoms with van der Waals surface area (Å²) < 4.78 is 85.4. The van der Waals surface area contributed by atoms with Crippen molar-refractivity contribution in [2.45, 2.75) is 316 Å². The number of benzene rings is 2. The molecule has 12 fully saturated rings. The van der Waals surface area contributed by atoms with Gasteiger partial charge in [-0.2, -0.15) is 9.97 Å². The summed E-state index contributed by atoms with van der Waals surface area (Å²) >= 11 is 5.63. The van der Waals surface area contributed by atoms with E-state index in [1.807, 2.05) is 98.0 Å². The van der Waals surface area contributed by atoms with Crippen molar-refractivity contribution in [2.75, 3.05) is 6.61 Å². The van der Waals surface area contributed by atoms with Crippen molar-refractivity contribution in [3.05, 3.63) is 163 Å². The average molecular weight is 1590 g/mol. The number of fused-ring (bicyclic) bond motifs is 12. The van der Waals surface area contributed by atoms with E-state index in [1.54, 1.807) is 24.6 Å². The van der Waals surface area contributed by atoms with E-state index in [2.05, 4.69) is 26.9 Å². The number of aromatic amines is 2. The molecule has 32 heteroatoms. The maximum absolute atomic E-state index is 13.0. The fourth-order valence-corrected chi connectivity index (χ4v) is 18.6. The molecule has 0 amide bonds. The summed E-state index contributed by atoms with van der Waals surface area (Å²) in [7, 11) is 0. The zero-order chi connectivity index (χ0) is 77.9. The van der Waals surface area contributed by atoms with Gasteiger partial charge >= 0.3 is 35.0 Å². The summed E-state index contributed by atoms with van der Waals surface area (Å²) in [5.74, 6) is 1.07. The smallest absolute Gasteiger partial charge is 0.353 e. The van der Waals surface area contributed by atoms with Crippen LogP contribution >= 0.6 is 12.2 Å². The molecule has 8 aliphatic heterocycles. The van der Waals surface area contributed by atoms with E-state index in [-0.39, 0.29) is 59.7 Å². The number of hydrogen-bond donors (Lipinski definition) is 4. The fourth-order valence-electron chi connectivity index (χ4n) is 18.4. The van der Waals surface area contributed by atoms with Gasteiger partial charge in [0.15, 0.2) is 48.8 Å². The Balaban J connectivity index is 0.000000149. The van der Waals surface area contributed by atoms with Crippen LogP contribution in [0.15, 0.2) is 85.2 Å². The number of esters is 3. The number of aromatic nitrogens is 8. The lowest BCUT2D eigenvalue weighted by Gasteiger charge is -2.38. The van der Waals surface area contributed by atoms with Gasteiger partial charge in [0.05, 0.1) is 6.61 Å². The third-order valence-electron chi connectivity index (χ3n) is 24.3. The Kier molecular flexibility index (Phi) is 22.9. The van der Waals surface area contributed by atoms with Gasteiger partial charge in [-0.1, -0.05) is 86.9 Å². The minimum absolute atomic E-state index is 0. The maximum Gasteiger partial charge on any atom is 0.353 e. The van der Waals surface area contributed by atoms with Crippen molar-refractivity contribution in [2.24, 2.45) is 0 Å². The van der Waals surface area contributed by atoms with Gasteiger partial charge in [-0.05, 0) is 160 Å². The van der Waals surface area contributed by atoms with Crippen LogP contribution < -0.4 is 37.7 Å². The predicted octanol–water partition coefficient (Wildman–Crippen LogP) is 9.70. The highest BCUT2D eigenvalue weighted by atomic mass is 32.1. The van der Waals surface area contributed by atoms with Gasteiger partial charge in [-0.3, -0.25) is 52.2 Å². The summed E-state index contributed by atoms with van der Waals surface area (Å²) in [6.07, 6.45) is 7.26. The lowest BCUT2D eigenvalue weighted by molar-refractivity contribution is -0.235. The van der Waals surface area contributed by atoms with Crippen LogP contribution in [-0.4, -0.2) is 167 Å². The number of aliphatic hydroxyl groups is 2. The molecule has 4 unspecified atom stereocenters. The summed E-state index contributed by atoms with van der Waals surface area (Å²) in [6, 6.07) is 11.9. The molecule has 8 saturated heterocycles. The number of rotatable bonds is 15. The molecule has 4 aromatic heterocycles. The number of ether oxygens (including phenoxy) is 13. The van der Waals surface area contributed by atoms with Crippen LogP contribution in [0.4, 0.5) is 0 Å². The van der Waals surface area contributed by atoms with E-state index in [0.717, 1.165) is 72.1 Å². The molecular formula is C81H108N8O23S. The molecule has 16 atom stereocenters. The Hall–Kier alpha value is -8.41.